The van der Waals surface area contributed by atoms with Gasteiger partial charge in [-0.05, 0) is 12.8 Å². The second kappa shape index (κ2) is 7.17. The van der Waals surface area contributed by atoms with Gasteiger partial charge in [0.25, 0.3) is 0 Å². The fraction of sp³-hybridized carbons (Fsp3) is 0.833. The van der Waals surface area contributed by atoms with Crippen molar-refractivity contribution in [2.75, 3.05) is 5.88 Å². The van der Waals surface area contributed by atoms with Gasteiger partial charge in [0.15, 0.2) is 0 Å². The van der Waals surface area contributed by atoms with Gasteiger partial charge in [0.1, 0.15) is 0 Å². The molecule has 0 rings (SSSR count). The van der Waals surface area contributed by atoms with Crippen molar-refractivity contribution in [1.82, 2.24) is 0 Å². The fourth-order valence-corrected chi connectivity index (χ4v) is 1.53. The van der Waals surface area contributed by atoms with E-state index in [1.54, 1.807) is 0 Å². The van der Waals surface area contributed by atoms with E-state index in [1.165, 1.54) is 19.3 Å². The molecule has 0 saturated heterocycles. The van der Waals surface area contributed by atoms with Crippen LogP contribution in [0.1, 0.15) is 52.4 Å². The van der Waals surface area contributed by atoms with E-state index in [1.807, 2.05) is 13.8 Å². The van der Waals surface area contributed by atoms with Gasteiger partial charge in [-0.25, -0.2) is 0 Å². The monoisotopic (exact) mass is 218 g/mol. The van der Waals surface area contributed by atoms with Gasteiger partial charge < -0.3 is 5.11 Å². The van der Waals surface area contributed by atoms with Crippen LogP contribution in [-0.4, -0.2) is 11.0 Å². The number of allylic oxidation sites excluding steroid dienone is 1. The molecule has 2 heteroatoms. The van der Waals surface area contributed by atoms with Crippen molar-refractivity contribution in [2.24, 2.45) is 5.41 Å². The van der Waals surface area contributed by atoms with E-state index in [0.717, 1.165) is 25.1 Å². The van der Waals surface area contributed by atoms with Crippen LogP contribution in [0.15, 0.2) is 12.3 Å². The summed E-state index contributed by atoms with van der Waals surface area (Å²) in [6, 6.07) is 0. The van der Waals surface area contributed by atoms with Crippen molar-refractivity contribution < 1.29 is 5.11 Å². The third-order valence-corrected chi connectivity index (χ3v) is 2.98. The summed E-state index contributed by atoms with van der Waals surface area (Å²) >= 11 is 5.58. The Balaban J connectivity index is 3.40. The van der Waals surface area contributed by atoms with Crippen LogP contribution in [0.5, 0.6) is 0 Å². The molecule has 0 radical (unpaired) electrons. The maximum absolute atomic E-state index is 9.31. The summed E-state index contributed by atoms with van der Waals surface area (Å²) in [5.74, 6) is 1.08. The van der Waals surface area contributed by atoms with Crippen LogP contribution in [0.2, 0.25) is 0 Å². The summed E-state index contributed by atoms with van der Waals surface area (Å²) in [5, 5.41) is 9.31. The summed E-state index contributed by atoms with van der Waals surface area (Å²) in [4.78, 5) is 0. The van der Waals surface area contributed by atoms with Crippen LogP contribution in [0.3, 0.4) is 0 Å². The molecule has 0 aliphatic heterocycles. The zero-order valence-corrected chi connectivity index (χ0v) is 10.2. The van der Waals surface area contributed by atoms with E-state index in [2.05, 4.69) is 6.58 Å². The van der Waals surface area contributed by atoms with Gasteiger partial charge in [-0.3, -0.25) is 0 Å². The zero-order valence-electron chi connectivity index (χ0n) is 9.48. The first-order valence-corrected chi connectivity index (χ1v) is 5.98. The van der Waals surface area contributed by atoms with Crippen LogP contribution in [-0.2, 0) is 0 Å². The molecule has 0 amide bonds. The highest BCUT2D eigenvalue weighted by atomic mass is 35.5. The van der Waals surface area contributed by atoms with Crippen molar-refractivity contribution in [3.05, 3.63) is 12.3 Å². The molecular weight excluding hydrogens is 196 g/mol. The predicted molar refractivity (Wildman–Crippen MR) is 64.0 cm³/mol. The normalized spacial score (nSPS) is 11.6. The largest absolute Gasteiger partial charge is 0.512 e. The van der Waals surface area contributed by atoms with Crippen molar-refractivity contribution >= 4 is 11.6 Å². The lowest BCUT2D eigenvalue weighted by molar-refractivity contribution is 0.240. The number of unbranched alkanes of at least 4 members (excludes halogenated alkanes) is 4. The predicted octanol–water partition coefficient (Wildman–Crippen LogP) is 4.66. The Morgan fingerprint density at radius 3 is 2.14 bits per heavy atom. The third-order valence-electron chi connectivity index (χ3n) is 2.72. The van der Waals surface area contributed by atoms with E-state index < -0.39 is 0 Å². The lowest BCUT2D eigenvalue weighted by Gasteiger charge is -2.22. The summed E-state index contributed by atoms with van der Waals surface area (Å²) in [6.07, 6.45) is 7.01. The molecule has 0 aliphatic carbocycles. The lowest BCUT2D eigenvalue weighted by atomic mass is 9.85. The average molecular weight is 219 g/mol. The Bertz CT molecular complexity index is 164. The van der Waals surface area contributed by atoms with Gasteiger partial charge in [-0.1, -0.05) is 46.1 Å². The maximum atomic E-state index is 9.31. The fourth-order valence-electron chi connectivity index (χ4n) is 1.34. The first-order chi connectivity index (χ1) is 6.50. The second-order valence-electron chi connectivity index (χ2n) is 4.54. The van der Waals surface area contributed by atoms with E-state index in [0.29, 0.717) is 5.76 Å². The van der Waals surface area contributed by atoms with Crippen molar-refractivity contribution in [3.63, 3.8) is 0 Å². The molecule has 84 valence electrons. The zero-order chi connectivity index (χ0) is 11.0. The summed E-state index contributed by atoms with van der Waals surface area (Å²) in [7, 11) is 0. The SMILES string of the molecule is C=C(O)C(C)(C)CCCCCCCCl. The Hall–Kier alpha value is -0.170. The standard InChI is InChI=1S/C12H23ClO/c1-11(14)12(2,3)9-7-5-4-6-8-10-13/h14H,1,4-10H2,2-3H3. The average Bonchev–Trinajstić information content (AvgIpc) is 2.10. The Morgan fingerprint density at radius 1 is 1.14 bits per heavy atom. The number of rotatable bonds is 8. The van der Waals surface area contributed by atoms with E-state index in [9.17, 15) is 5.11 Å². The van der Waals surface area contributed by atoms with Crippen molar-refractivity contribution in [2.45, 2.75) is 52.4 Å². The quantitative estimate of drug-likeness (QED) is 0.357. The smallest absolute Gasteiger partial charge is 0.0907 e. The van der Waals surface area contributed by atoms with E-state index in [-0.39, 0.29) is 5.41 Å². The molecule has 0 aliphatic rings. The number of hydrogen-bond acceptors (Lipinski definition) is 1. The number of aliphatic hydroxyl groups excluding tert-OH is 1. The lowest BCUT2D eigenvalue weighted by Crippen LogP contribution is -2.13. The van der Waals surface area contributed by atoms with Crippen molar-refractivity contribution in [1.29, 1.82) is 0 Å². The molecular formula is C12H23ClO. The molecule has 0 atom stereocenters. The highest BCUT2D eigenvalue weighted by Gasteiger charge is 2.20. The summed E-state index contributed by atoms with van der Waals surface area (Å²) in [5.41, 5.74) is -0.119. The van der Waals surface area contributed by atoms with Crippen molar-refractivity contribution in [3.8, 4) is 0 Å². The molecule has 0 saturated carbocycles. The Labute approximate surface area is 93.2 Å². The Kier molecular flexibility index (Phi) is 7.08. The molecule has 0 heterocycles. The Morgan fingerprint density at radius 2 is 1.64 bits per heavy atom. The maximum Gasteiger partial charge on any atom is 0.0907 e. The summed E-state index contributed by atoms with van der Waals surface area (Å²) in [6.45, 7) is 7.66. The minimum atomic E-state index is -0.119. The van der Waals surface area contributed by atoms with Gasteiger partial charge in [-0.2, -0.15) is 0 Å². The molecule has 0 aromatic heterocycles. The molecule has 1 N–H and O–H groups in total. The minimum Gasteiger partial charge on any atom is -0.512 e. The molecule has 0 bridgehead atoms. The molecule has 14 heavy (non-hydrogen) atoms. The third kappa shape index (κ3) is 6.31. The molecule has 0 unspecified atom stereocenters. The number of alkyl halides is 1. The molecule has 0 aromatic rings. The van der Waals surface area contributed by atoms with Crippen LogP contribution >= 0.6 is 11.6 Å². The van der Waals surface area contributed by atoms with Gasteiger partial charge >= 0.3 is 0 Å². The second-order valence-corrected chi connectivity index (χ2v) is 4.92. The van der Waals surface area contributed by atoms with Crippen LogP contribution in [0.25, 0.3) is 0 Å². The molecule has 0 spiro atoms. The van der Waals surface area contributed by atoms with E-state index in [4.69, 9.17) is 11.6 Å². The summed E-state index contributed by atoms with van der Waals surface area (Å²) < 4.78 is 0. The first-order valence-electron chi connectivity index (χ1n) is 5.45. The number of aliphatic hydroxyl groups is 1. The highest BCUT2D eigenvalue weighted by molar-refractivity contribution is 6.17. The molecule has 1 nitrogen and oxygen atoms in total. The van der Waals surface area contributed by atoms with Gasteiger partial charge in [-0.15, -0.1) is 11.6 Å². The molecule has 0 aromatic carbocycles. The first kappa shape index (κ1) is 13.8. The van der Waals surface area contributed by atoms with Crippen LogP contribution in [0, 0.1) is 5.41 Å². The van der Waals surface area contributed by atoms with Gasteiger partial charge in [0.2, 0.25) is 0 Å². The van der Waals surface area contributed by atoms with Gasteiger partial charge in [0, 0.05) is 11.3 Å². The van der Waals surface area contributed by atoms with Crippen LogP contribution < -0.4 is 0 Å². The number of halogens is 1. The minimum absolute atomic E-state index is 0.119. The molecule has 0 fully saturated rings. The number of hydrogen-bond donors (Lipinski definition) is 1. The van der Waals surface area contributed by atoms with Crippen LogP contribution in [0.4, 0.5) is 0 Å². The highest BCUT2D eigenvalue weighted by Crippen LogP contribution is 2.29. The topological polar surface area (TPSA) is 20.2 Å². The van der Waals surface area contributed by atoms with E-state index >= 15 is 0 Å². The van der Waals surface area contributed by atoms with Gasteiger partial charge in [0.05, 0.1) is 5.76 Å².